The Morgan fingerprint density at radius 1 is 1.26 bits per heavy atom. The van der Waals surface area contributed by atoms with Crippen LogP contribution in [0.4, 0.5) is 0 Å². The Balaban J connectivity index is 2.08. The van der Waals surface area contributed by atoms with Crippen molar-refractivity contribution in [1.29, 1.82) is 0 Å². The molecular formula is C14H14N4O. The highest BCUT2D eigenvalue weighted by atomic mass is 16.3. The number of nitrogens with zero attached hydrogens (tertiary/aromatic N) is 4. The van der Waals surface area contributed by atoms with E-state index >= 15 is 0 Å². The number of para-hydroxylation sites is 1. The van der Waals surface area contributed by atoms with Gasteiger partial charge in [0.2, 0.25) is 0 Å². The summed E-state index contributed by atoms with van der Waals surface area (Å²) in [6.45, 7) is 2.79. The number of hydrogen-bond acceptors (Lipinski definition) is 4. The molecule has 0 bridgehead atoms. The molecule has 2 heterocycles. The van der Waals surface area contributed by atoms with Crippen LogP contribution in [0.5, 0.6) is 0 Å². The first-order valence-electron chi connectivity index (χ1n) is 6.19. The van der Waals surface area contributed by atoms with E-state index in [4.69, 9.17) is 0 Å². The van der Waals surface area contributed by atoms with Crippen LogP contribution in [0.2, 0.25) is 0 Å². The lowest BCUT2D eigenvalue weighted by atomic mass is 10.0. The van der Waals surface area contributed by atoms with Gasteiger partial charge in [-0.15, -0.1) is 0 Å². The highest BCUT2D eigenvalue weighted by molar-refractivity contribution is 5.78. The maximum atomic E-state index is 10.5. The summed E-state index contributed by atoms with van der Waals surface area (Å²) >= 11 is 0. The number of rotatable bonds is 3. The van der Waals surface area contributed by atoms with E-state index in [2.05, 4.69) is 15.1 Å². The van der Waals surface area contributed by atoms with E-state index in [0.29, 0.717) is 0 Å². The zero-order chi connectivity index (χ0) is 13.2. The lowest BCUT2D eigenvalue weighted by Gasteiger charge is -2.10. The molecular weight excluding hydrogens is 240 g/mol. The van der Waals surface area contributed by atoms with Crippen LogP contribution in [0.25, 0.3) is 11.0 Å². The molecule has 96 valence electrons. The Kier molecular flexibility index (Phi) is 2.97. The van der Waals surface area contributed by atoms with Gasteiger partial charge in [-0.05, 0) is 13.0 Å². The van der Waals surface area contributed by atoms with Crippen LogP contribution >= 0.6 is 0 Å². The molecule has 1 aromatic carbocycles. The number of aliphatic hydroxyl groups excluding tert-OH is 1. The molecule has 1 atom stereocenters. The number of aryl methyl sites for hydroxylation is 1. The normalized spacial score (nSPS) is 12.7. The fourth-order valence-corrected chi connectivity index (χ4v) is 2.11. The minimum Gasteiger partial charge on any atom is -0.383 e. The summed E-state index contributed by atoms with van der Waals surface area (Å²) in [5, 5.41) is 14.7. The predicted molar refractivity (Wildman–Crippen MR) is 71.5 cm³/mol. The quantitative estimate of drug-likeness (QED) is 0.775. The molecule has 0 aliphatic carbocycles. The molecule has 0 amide bonds. The lowest BCUT2D eigenvalue weighted by molar-refractivity contribution is 0.221. The molecule has 5 nitrogen and oxygen atoms in total. The predicted octanol–water partition coefficient (Wildman–Crippen LogP) is 1.93. The van der Waals surface area contributed by atoms with E-state index < -0.39 is 6.10 Å². The lowest BCUT2D eigenvalue weighted by Crippen LogP contribution is -2.01. The third-order valence-corrected chi connectivity index (χ3v) is 3.12. The summed E-state index contributed by atoms with van der Waals surface area (Å²) in [5.41, 5.74) is 3.02. The Morgan fingerprint density at radius 3 is 2.89 bits per heavy atom. The van der Waals surface area contributed by atoms with Gasteiger partial charge in [-0.1, -0.05) is 12.1 Å². The van der Waals surface area contributed by atoms with Crippen molar-refractivity contribution in [2.45, 2.75) is 19.6 Å². The van der Waals surface area contributed by atoms with E-state index in [1.807, 2.05) is 31.3 Å². The smallest absolute Gasteiger partial charge is 0.109 e. The van der Waals surface area contributed by atoms with Gasteiger partial charge in [-0.25, -0.2) is 0 Å². The average Bonchev–Trinajstić information content (AvgIpc) is 2.95. The van der Waals surface area contributed by atoms with E-state index in [-0.39, 0.29) is 0 Å². The van der Waals surface area contributed by atoms with Gasteiger partial charge in [0.25, 0.3) is 0 Å². The second kappa shape index (κ2) is 4.78. The topological polar surface area (TPSA) is 63.8 Å². The standard InChI is InChI=1S/C14H14N4O/c1-2-18-9-10(8-17-18)14(19)11-4-3-5-12-13(11)16-7-6-15-12/h3-9,14,19H,2H2,1H3. The molecule has 19 heavy (non-hydrogen) atoms. The summed E-state index contributed by atoms with van der Waals surface area (Å²) in [5.74, 6) is 0. The number of aliphatic hydroxyl groups is 1. The van der Waals surface area contributed by atoms with Crippen molar-refractivity contribution in [1.82, 2.24) is 19.7 Å². The van der Waals surface area contributed by atoms with Crippen LogP contribution in [-0.2, 0) is 6.54 Å². The van der Waals surface area contributed by atoms with Crippen LogP contribution in [0, 0.1) is 0 Å². The van der Waals surface area contributed by atoms with Gasteiger partial charge in [-0.2, -0.15) is 5.10 Å². The maximum absolute atomic E-state index is 10.5. The van der Waals surface area contributed by atoms with Crippen LogP contribution in [0.1, 0.15) is 24.2 Å². The molecule has 0 aliphatic rings. The largest absolute Gasteiger partial charge is 0.383 e. The van der Waals surface area contributed by atoms with Crippen LogP contribution in [0.3, 0.4) is 0 Å². The first kappa shape index (κ1) is 11.8. The van der Waals surface area contributed by atoms with Crippen molar-refractivity contribution < 1.29 is 5.11 Å². The summed E-state index contributed by atoms with van der Waals surface area (Å²) in [7, 11) is 0. The monoisotopic (exact) mass is 254 g/mol. The minimum absolute atomic E-state index is 0.724. The maximum Gasteiger partial charge on any atom is 0.109 e. The summed E-state index contributed by atoms with van der Waals surface area (Å²) in [6.07, 6.45) is 6.07. The molecule has 0 aliphatic heterocycles. The van der Waals surface area contributed by atoms with Gasteiger partial charge in [0.15, 0.2) is 0 Å². The molecule has 0 saturated carbocycles. The molecule has 0 saturated heterocycles. The zero-order valence-corrected chi connectivity index (χ0v) is 10.6. The first-order chi connectivity index (χ1) is 9.29. The highest BCUT2D eigenvalue weighted by Crippen LogP contribution is 2.26. The molecule has 0 spiro atoms. The van der Waals surface area contributed by atoms with Gasteiger partial charge >= 0.3 is 0 Å². The van der Waals surface area contributed by atoms with Crippen LogP contribution < -0.4 is 0 Å². The fourth-order valence-electron chi connectivity index (χ4n) is 2.11. The van der Waals surface area contributed by atoms with Gasteiger partial charge in [0.05, 0.1) is 17.2 Å². The van der Waals surface area contributed by atoms with Gasteiger partial charge < -0.3 is 5.11 Å². The van der Waals surface area contributed by atoms with Crippen molar-refractivity contribution in [2.75, 3.05) is 0 Å². The fraction of sp³-hybridized carbons (Fsp3) is 0.214. The van der Waals surface area contributed by atoms with Crippen molar-refractivity contribution in [2.24, 2.45) is 0 Å². The molecule has 0 radical (unpaired) electrons. The number of aromatic nitrogens is 4. The molecule has 0 fully saturated rings. The molecule has 1 N–H and O–H groups in total. The van der Waals surface area contributed by atoms with E-state index in [0.717, 1.165) is 28.7 Å². The number of benzene rings is 1. The van der Waals surface area contributed by atoms with Crippen molar-refractivity contribution in [3.8, 4) is 0 Å². The van der Waals surface area contributed by atoms with Crippen molar-refractivity contribution in [3.05, 3.63) is 54.1 Å². The summed E-state index contributed by atoms with van der Waals surface area (Å²) in [6, 6.07) is 5.62. The zero-order valence-electron chi connectivity index (χ0n) is 10.6. The second-order valence-electron chi connectivity index (χ2n) is 4.30. The molecule has 3 rings (SSSR count). The van der Waals surface area contributed by atoms with Crippen molar-refractivity contribution >= 4 is 11.0 Å². The summed E-state index contributed by atoms with van der Waals surface area (Å²) < 4.78 is 1.79. The van der Waals surface area contributed by atoms with E-state index in [1.54, 1.807) is 23.3 Å². The van der Waals surface area contributed by atoms with E-state index in [9.17, 15) is 5.11 Å². The van der Waals surface area contributed by atoms with Crippen LogP contribution in [-0.4, -0.2) is 24.9 Å². The van der Waals surface area contributed by atoms with Crippen LogP contribution in [0.15, 0.2) is 43.0 Å². The SMILES string of the molecule is CCn1cc(C(O)c2cccc3nccnc23)cn1. The second-order valence-corrected chi connectivity index (χ2v) is 4.30. The van der Waals surface area contributed by atoms with Gasteiger partial charge in [-0.3, -0.25) is 14.6 Å². The van der Waals surface area contributed by atoms with Gasteiger partial charge in [0.1, 0.15) is 6.10 Å². The minimum atomic E-state index is -0.735. The third kappa shape index (κ3) is 2.08. The molecule has 3 aromatic rings. The average molecular weight is 254 g/mol. The van der Waals surface area contributed by atoms with Gasteiger partial charge in [0, 0.05) is 36.3 Å². The Hall–Kier alpha value is -2.27. The first-order valence-corrected chi connectivity index (χ1v) is 6.19. The molecule has 5 heteroatoms. The summed E-state index contributed by atoms with van der Waals surface area (Å²) in [4.78, 5) is 8.55. The Bertz CT molecular complexity index is 702. The molecule has 1 unspecified atom stereocenters. The Morgan fingerprint density at radius 2 is 2.11 bits per heavy atom. The number of hydrogen-bond donors (Lipinski definition) is 1. The van der Waals surface area contributed by atoms with E-state index in [1.165, 1.54) is 0 Å². The molecule has 2 aromatic heterocycles. The Labute approximate surface area is 110 Å². The highest BCUT2D eigenvalue weighted by Gasteiger charge is 2.16. The third-order valence-electron chi connectivity index (χ3n) is 3.12. The van der Waals surface area contributed by atoms with Crippen molar-refractivity contribution in [3.63, 3.8) is 0 Å². The number of fused-ring (bicyclic) bond motifs is 1.